The molecule has 0 unspecified atom stereocenters. The van der Waals surface area contributed by atoms with E-state index in [1.54, 1.807) is 12.1 Å². The van der Waals surface area contributed by atoms with Gasteiger partial charge >= 0.3 is 10.2 Å². The van der Waals surface area contributed by atoms with Crippen molar-refractivity contribution in [3.8, 4) is 0 Å². The van der Waals surface area contributed by atoms with Gasteiger partial charge in [0, 0.05) is 36.6 Å². The van der Waals surface area contributed by atoms with Crippen LogP contribution in [-0.4, -0.2) is 38.3 Å². The lowest BCUT2D eigenvalue weighted by molar-refractivity contribution is 0.0927. The first-order valence-electron chi connectivity index (χ1n) is 6.89. The Morgan fingerprint density at radius 1 is 0.875 bits per heavy atom. The number of pyridine rings is 1. The van der Waals surface area contributed by atoms with Crippen LogP contribution in [0.5, 0.6) is 0 Å². The average Bonchev–Trinajstić information content (AvgIpc) is 2.58. The minimum Gasteiger partial charge on any atom is -0.350 e. The van der Waals surface area contributed by atoms with Crippen molar-refractivity contribution < 1.29 is 21.9 Å². The second-order valence-corrected chi connectivity index (χ2v) is 6.06. The van der Waals surface area contributed by atoms with Gasteiger partial charge in [-0.05, 0) is 36.4 Å². The fourth-order valence-electron chi connectivity index (χ4n) is 1.83. The molecule has 7 nitrogen and oxygen atoms in total. The van der Waals surface area contributed by atoms with Crippen LogP contribution in [0.4, 0.5) is 3.89 Å². The first-order chi connectivity index (χ1) is 11.4. The first kappa shape index (κ1) is 17.5. The SMILES string of the molecule is O=C(NCCNC(=O)c1ccc(S(=O)(=O)F)cc1)c1ccncc1. The summed E-state index contributed by atoms with van der Waals surface area (Å²) >= 11 is 0. The van der Waals surface area contributed by atoms with E-state index in [2.05, 4.69) is 15.6 Å². The second-order valence-electron chi connectivity index (χ2n) is 4.71. The van der Waals surface area contributed by atoms with E-state index in [0.717, 1.165) is 12.1 Å². The summed E-state index contributed by atoms with van der Waals surface area (Å²) in [5.74, 6) is -0.750. The van der Waals surface area contributed by atoms with Gasteiger partial charge in [-0.25, -0.2) is 0 Å². The van der Waals surface area contributed by atoms with Crippen molar-refractivity contribution in [2.24, 2.45) is 0 Å². The van der Waals surface area contributed by atoms with Gasteiger partial charge in [-0.3, -0.25) is 14.6 Å². The summed E-state index contributed by atoms with van der Waals surface area (Å²) < 4.78 is 34.1. The molecule has 2 N–H and O–H groups in total. The van der Waals surface area contributed by atoms with Crippen molar-refractivity contribution in [3.05, 3.63) is 59.9 Å². The summed E-state index contributed by atoms with van der Waals surface area (Å²) in [5.41, 5.74) is 0.641. The summed E-state index contributed by atoms with van der Waals surface area (Å²) in [6.07, 6.45) is 3.00. The monoisotopic (exact) mass is 351 g/mol. The predicted octanol–water partition coefficient (Wildman–Crippen LogP) is 0.900. The number of rotatable bonds is 6. The third kappa shape index (κ3) is 4.85. The Morgan fingerprint density at radius 2 is 1.33 bits per heavy atom. The molecule has 1 heterocycles. The second kappa shape index (κ2) is 7.64. The van der Waals surface area contributed by atoms with Crippen LogP contribution in [0.3, 0.4) is 0 Å². The molecule has 2 aromatic rings. The summed E-state index contributed by atoms with van der Waals surface area (Å²) in [4.78, 5) is 26.9. The van der Waals surface area contributed by atoms with Crippen LogP contribution < -0.4 is 10.6 Å². The van der Waals surface area contributed by atoms with E-state index in [1.807, 2.05) is 0 Å². The van der Waals surface area contributed by atoms with E-state index in [4.69, 9.17) is 0 Å². The Labute approximate surface area is 138 Å². The Morgan fingerprint density at radius 3 is 1.79 bits per heavy atom. The Kier molecular flexibility index (Phi) is 5.59. The molecule has 126 valence electrons. The highest BCUT2D eigenvalue weighted by molar-refractivity contribution is 7.86. The van der Waals surface area contributed by atoms with Crippen LogP contribution in [0.2, 0.25) is 0 Å². The largest absolute Gasteiger partial charge is 0.350 e. The Hall–Kier alpha value is -2.81. The molecule has 0 radical (unpaired) electrons. The number of carbonyl (C=O) groups excluding carboxylic acids is 2. The van der Waals surface area contributed by atoms with Gasteiger partial charge in [0.25, 0.3) is 11.8 Å². The van der Waals surface area contributed by atoms with Gasteiger partial charge in [0.2, 0.25) is 0 Å². The Bertz CT molecular complexity index is 824. The van der Waals surface area contributed by atoms with Gasteiger partial charge in [-0.2, -0.15) is 8.42 Å². The molecule has 0 saturated heterocycles. The summed E-state index contributed by atoms with van der Waals surface area (Å²) in [7, 11) is -4.79. The highest BCUT2D eigenvalue weighted by Gasteiger charge is 2.13. The zero-order chi connectivity index (χ0) is 17.6. The van der Waals surface area contributed by atoms with E-state index in [0.29, 0.717) is 5.56 Å². The van der Waals surface area contributed by atoms with Crippen LogP contribution >= 0.6 is 0 Å². The minimum atomic E-state index is -4.79. The number of amides is 2. The number of nitrogens with one attached hydrogen (secondary N) is 2. The van der Waals surface area contributed by atoms with Crippen molar-refractivity contribution in [2.75, 3.05) is 13.1 Å². The highest BCUT2D eigenvalue weighted by atomic mass is 32.3. The molecule has 0 atom stereocenters. The van der Waals surface area contributed by atoms with Crippen molar-refractivity contribution in [1.82, 2.24) is 15.6 Å². The summed E-state index contributed by atoms with van der Waals surface area (Å²) in [6.45, 7) is 0.392. The smallest absolute Gasteiger partial charge is 0.332 e. The zero-order valence-corrected chi connectivity index (χ0v) is 13.2. The molecular formula is C15H14FN3O4S. The number of carbonyl (C=O) groups is 2. The van der Waals surface area contributed by atoms with Crippen molar-refractivity contribution in [1.29, 1.82) is 0 Å². The highest BCUT2D eigenvalue weighted by Crippen LogP contribution is 2.12. The third-order valence-corrected chi connectivity index (χ3v) is 3.87. The van der Waals surface area contributed by atoms with E-state index < -0.39 is 21.0 Å². The number of benzene rings is 1. The summed E-state index contributed by atoms with van der Waals surface area (Å²) in [5, 5.41) is 5.18. The molecule has 1 aromatic carbocycles. The lowest BCUT2D eigenvalue weighted by atomic mass is 10.2. The molecule has 24 heavy (non-hydrogen) atoms. The minimum absolute atomic E-state index is 0.179. The third-order valence-electron chi connectivity index (χ3n) is 3.04. The lowest BCUT2D eigenvalue weighted by Crippen LogP contribution is -2.34. The fourth-order valence-corrected chi connectivity index (χ4v) is 2.29. The van der Waals surface area contributed by atoms with E-state index >= 15 is 0 Å². The van der Waals surface area contributed by atoms with Crippen LogP contribution in [-0.2, 0) is 10.2 Å². The molecule has 0 saturated carbocycles. The number of hydrogen-bond acceptors (Lipinski definition) is 5. The molecule has 0 fully saturated rings. The Balaban J connectivity index is 1.80. The molecule has 0 spiro atoms. The summed E-state index contributed by atoms with van der Waals surface area (Å²) in [6, 6.07) is 7.56. The zero-order valence-electron chi connectivity index (χ0n) is 12.4. The van der Waals surface area contributed by atoms with E-state index in [1.165, 1.54) is 24.5 Å². The van der Waals surface area contributed by atoms with Crippen LogP contribution in [0.15, 0.2) is 53.7 Å². The standard InChI is InChI=1S/C15H14FN3O4S/c16-24(22,23)13-3-1-11(2-4-13)14(20)18-9-10-19-15(21)12-5-7-17-8-6-12/h1-8H,9-10H2,(H,18,20)(H,19,21). The molecule has 0 aliphatic heterocycles. The molecule has 0 bridgehead atoms. The van der Waals surface area contributed by atoms with Gasteiger partial charge in [0.1, 0.15) is 0 Å². The van der Waals surface area contributed by atoms with Gasteiger partial charge in [-0.1, -0.05) is 0 Å². The van der Waals surface area contributed by atoms with Crippen molar-refractivity contribution in [2.45, 2.75) is 4.90 Å². The topological polar surface area (TPSA) is 105 Å². The molecule has 2 rings (SSSR count). The molecule has 1 aromatic heterocycles. The van der Waals surface area contributed by atoms with Crippen LogP contribution in [0, 0.1) is 0 Å². The predicted molar refractivity (Wildman–Crippen MR) is 83.6 cm³/mol. The average molecular weight is 351 g/mol. The quantitative estimate of drug-likeness (QED) is 0.594. The fraction of sp³-hybridized carbons (Fsp3) is 0.133. The van der Waals surface area contributed by atoms with Crippen LogP contribution in [0.25, 0.3) is 0 Å². The van der Waals surface area contributed by atoms with E-state index in [-0.39, 0.29) is 24.6 Å². The maximum atomic E-state index is 12.7. The maximum absolute atomic E-state index is 12.7. The number of nitrogens with zero attached hydrogens (tertiary/aromatic N) is 1. The molecule has 9 heteroatoms. The van der Waals surface area contributed by atoms with Crippen molar-refractivity contribution in [3.63, 3.8) is 0 Å². The number of aromatic nitrogens is 1. The van der Waals surface area contributed by atoms with Crippen LogP contribution in [0.1, 0.15) is 20.7 Å². The van der Waals surface area contributed by atoms with Crippen molar-refractivity contribution >= 4 is 22.0 Å². The number of hydrogen-bond donors (Lipinski definition) is 2. The van der Waals surface area contributed by atoms with Gasteiger partial charge < -0.3 is 10.6 Å². The molecule has 0 aliphatic rings. The maximum Gasteiger partial charge on any atom is 0.332 e. The van der Waals surface area contributed by atoms with Gasteiger partial charge in [0.05, 0.1) is 4.90 Å². The van der Waals surface area contributed by atoms with Gasteiger partial charge in [0.15, 0.2) is 0 Å². The number of halogens is 1. The normalized spacial score (nSPS) is 10.9. The molecule has 0 aliphatic carbocycles. The molecule has 2 amide bonds. The lowest BCUT2D eigenvalue weighted by Gasteiger charge is -2.07. The molecular weight excluding hydrogens is 337 g/mol. The van der Waals surface area contributed by atoms with Gasteiger partial charge in [-0.15, -0.1) is 3.89 Å². The van der Waals surface area contributed by atoms with E-state index in [9.17, 15) is 21.9 Å². The first-order valence-corrected chi connectivity index (χ1v) is 8.27.